The van der Waals surface area contributed by atoms with Crippen molar-refractivity contribution in [3.63, 3.8) is 0 Å². The second kappa shape index (κ2) is 10.5. The van der Waals surface area contributed by atoms with Crippen molar-refractivity contribution >= 4 is 11.6 Å². The van der Waals surface area contributed by atoms with Crippen LogP contribution in [0.4, 0.5) is 0 Å². The summed E-state index contributed by atoms with van der Waals surface area (Å²) >= 11 is 6.06. The average molecular weight is 375 g/mol. The van der Waals surface area contributed by atoms with Crippen molar-refractivity contribution in [2.75, 3.05) is 20.8 Å². The van der Waals surface area contributed by atoms with E-state index in [1.165, 1.54) is 0 Å². The second-order valence-electron chi connectivity index (χ2n) is 5.66. The van der Waals surface area contributed by atoms with Gasteiger partial charge in [-0.3, -0.25) is 0 Å². The topological polar surface area (TPSA) is 63.5 Å². The van der Waals surface area contributed by atoms with Crippen LogP contribution in [-0.4, -0.2) is 20.8 Å². The van der Waals surface area contributed by atoms with E-state index < -0.39 is 0 Å². The molecule has 26 heavy (non-hydrogen) atoms. The fourth-order valence-corrected chi connectivity index (χ4v) is 2.70. The third-order valence-electron chi connectivity index (χ3n) is 3.81. The number of nitrogens with zero attached hydrogens (tertiary/aromatic N) is 1. The Balaban J connectivity index is 1.97. The van der Waals surface area contributed by atoms with Crippen LogP contribution < -0.4 is 19.5 Å². The highest BCUT2D eigenvalue weighted by Crippen LogP contribution is 2.28. The van der Waals surface area contributed by atoms with Gasteiger partial charge in [0, 0.05) is 30.1 Å². The highest BCUT2D eigenvalue weighted by atomic mass is 35.5. The molecule has 0 radical (unpaired) electrons. The summed E-state index contributed by atoms with van der Waals surface area (Å²) in [6.07, 6.45) is 1.17. The molecule has 138 valence electrons. The highest BCUT2D eigenvalue weighted by Gasteiger charge is 2.07. The molecule has 0 saturated heterocycles. The number of unbranched alkanes of at least 4 members (excludes halogenated alkanes) is 1. The standard InChI is InChI=1S/C20H23ClN2O3/c1-24-18-8-6-17(21)12-16(18)14-23-13-15-5-7-19(25-2)20(11-15)26-10-4-3-9-22/h5-8,11-12,23H,3-4,10,13-14H2,1-2H3. The van der Waals surface area contributed by atoms with Gasteiger partial charge in [-0.1, -0.05) is 17.7 Å². The first kappa shape index (κ1) is 19.9. The number of halogens is 1. The SMILES string of the molecule is COc1ccc(Cl)cc1CNCc1ccc(OC)c(OCCCC#N)c1. The van der Waals surface area contributed by atoms with Crippen molar-refractivity contribution in [2.45, 2.75) is 25.9 Å². The van der Waals surface area contributed by atoms with E-state index in [0.717, 1.165) is 16.9 Å². The summed E-state index contributed by atoms with van der Waals surface area (Å²) in [5.74, 6) is 2.17. The minimum absolute atomic E-state index is 0.477. The van der Waals surface area contributed by atoms with Crippen molar-refractivity contribution < 1.29 is 14.2 Å². The highest BCUT2D eigenvalue weighted by molar-refractivity contribution is 6.30. The zero-order chi connectivity index (χ0) is 18.8. The first-order valence-corrected chi connectivity index (χ1v) is 8.75. The van der Waals surface area contributed by atoms with Gasteiger partial charge in [0.2, 0.25) is 0 Å². The molecule has 0 atom stereocenters. The number of nitrogens with one attached hydrogen (secondary N) is 1. The molecular formula is C20H23ClN2O3. The molecule has 1 N–H and O–H groups in total. The molecule has 0 aliphatic rings. The van der Waals surface area contributed by atoms with Crippen LogP contribution in [0.1, 0.15) is 24.0 Å². The van der Waals surface area contributed by atoms with Gasteiger partial charge >= 0.3 is 0 Å². The predicted octanol–water partition coefficient (Wildman–Crippen LogP) is 4.33. The van der Waals surface area contributed by atoms with Crippen LogP contribution in [0.15, 0.2) is 36.4 Å². The number of methoxy groups -OCH3 is 2. The number of ether oxygens (including phenoxy) is 3. The average Bonchev–Trinajstić information content (AvgIpc) is 2.65. The number of nitriles is 1. The van der Waals surface area contributed by atoms with Crippen LogP contribution in [0.25, 0.3) is 0 Å². The van der Waals surface area contributed by atoms with Gasteiger partial charge in [0.05, 0.1) is 26.9 Å². The summed E-state index contributed by atoms with van der Waals surface area (Å²) < 4.78 is 16.4. The van der Waals surface area contributed by atoms with Crippen molar-refractivity contribution in [1.29, 1.82) is 5.26 Å². The molecule has 0 unspecified atom stereocenters. The predicted molar refractivity (Wildman–Crippen MR) is 102 cm³/mol. The zero-order valence-corrected chi connectivity index (χ0v) is 15.8. The lowest BCUT2D eigenvalue weighted by Crippen LogP contribution is -2.13. The number of rotatable bonds is 10. The van der Waals surface area contributed by atoms with E-state index in [1.807, 2.05) is 36.4 Å². The quantitative estimate of drug-likeness (QED) is 0.627. The monoisotopic (exact) mass is 374 g/mol. The van der Waals surface area contributed by atoms with E-state index in [0.29, 0.717) is 49.1 Å². The molecule has 2 aromatic carbocycles. The lowest BCUT2D eigenvalue weighted by molar-refractivity contribution is 0.290. The Bertz CT molecular complexity index is 759. The Labute approximate surface area is 159 Å². The smallest absolute Gasteiger partial charge is 0.161 e. The number of hydrogen-bond acceptors (Lipinski definition) is 5. The molecule has 0 spiro atoms. The molecule has 6 heteroatoms. The maximum absolute atomic E-state index is 8.60. The lowest BCUT2D eigenvalue weighted by Gasteiger charge is -2.13. The molecule has 0 aliphatic heterocycles. The molecule has 0 bridgehead atoms. The Hall–Kier alpha value is -2.42. The molecule has 0 aliphatic carbocycles. The molecular weight excluding hydrogens is 352 g/mol. The zero-order valence-electron chi connectivity index (χ0n) is 15.0. The van der Waals surface area contributed by atoms with E-state index in [9.17, 15) is 0 Å². The van der Waals surface area contributed by atoms with Gasteiger partial charge in [0.25, 0.3) is 0 Å². The molecule has 0 aromatic heterocycles. The van der Waals surface area contributed by atoms with E-state index in [1.54, 1.807) is 14.2 Å². The maximum atomic E-state index is 8.60. The normalized spacial score (nSPS) is 10.2. The van der Waals surface area contributed by atoms with Gasteiger partial charge in [0.15, 0.2) is 11.5 Å². The fraction of sp³-hybridized carbons (Fsp3) is 0.350. The maximum Gasteiger partial charge on any atom is 0.161 e. The molecule has 0 fully saturated rings. The van der Waals surface area contributed by atoms with Crippen LogP contribution in [0.5, 0.6) is 17.2 Å². The lowest BCUT2D eigenvalue weighted by atomic mass is 10.1. The van der Waals surface area contributed by atoms with Gasteiger partial charge in [-0.05, 0) is 42.3 Å². The minimum Gasteiger partial charge on any atom is -0.496 e. The van der Waals surface area contributed by atoms with E-state index in [2.05, 4.69) is 11.4 Å². The fourth-order valence-electron chi connectivity index (χ4n) is 2.50. The Kier molecular flexibility index (Phi) is 8.07. The second-order valence-corrected chi connectivity index (χ2v) is 6.09. The third-order valence-corrected chi connectivity index (χ3v) is 4.04. The number of benzene rings is 2. The minimum atomic E-state index is 0.477. The first-order chi connectivity index (χ1) is 12.7. The van der Waals surface area contributed by atoms with Gasteiger partial charge in [0.1, 0.15) is 5.75 Å². The van der Waals surface area contributed by atoms with E-state index in [4.69, 9.17) is 31.1 Å². The summed E-state index contributed by atoms with van der Waals surface area (Å²) in [4.78, 5) is 0. The van der Waals surface area contributed by atoms with E-state index in [-0.39, 0.29) is 0 Å². The van der Waals surface area contributed by atoms with Crippen LogP contribution >= 0.6 is 11.6 Å². The Morgan fingerprint density at radius 1 is 1.00 bits per heavy atom. The van der Waals surface area contributed by atoms with Crippen molar-refractivity contribution in [2.24, 2.45) is 0 Å². The van der Waals surface area contributed by atoms with Gasteiger partial charge in [-0.15, -0.1) is 0 Å². The van der Waals surface area contributed by atoms with Gasteiger partial charge in [-0.25, -0.2) is 0 Å². The van der Waals surface area contributed by atoms with Crippen LogP contribution in [-0.2, 0) is 13.1 Å². The van der Waals surface area contributed by atoms with Crippen LogP contribution in [0.2, 0.25) is 5.02 Å². The van der Waals surface area contributed by atoms with Gasteiger partial charge < -0.3 is 19.5 Å². The summed E-state index contributed by atoms with van der Waals surface area (Å²) in [5, 5.41) is 12.7. The van der Waals surface area contributed by atoms with Crippen molar-refractivity contribution in [3.05, 3.63) is 52.5 Å². The van der Waals surface area contributed by atoms with Gasteiger partial charge in [-0.2, -0.15) is 5.26 Å². The molecule has 2 rings (SSSR count). The molecule has 0 amide bonds. The molecule has 0 heterocycles. The van der Waals surface area contributed by atoms with Crippen molar-refractivity contribution in [3.8, 4) is 23.3 Å². The largest absolute Gasteiger partial charge is 0.496 e. The summed E-state index contributed by atoms with van der Waals surface area (Å²) in [6, 6.07) is 13.5. The van der Waals surface area contributed by atoms with E-state index >= 15 is 0 Å². The summed E-state index contributed by atoms with van der Waals surface area (Å²) in [5.41, 5.74) is 2.07. The Morgan fingerprint density at radius 3 is 2.50 bits per heavy atom. The third kappa shape index (κ3) is 5.83. The molecule has 0 saturated carbocycles. The van der Waals surface area contributed by atoms with Crippen LogP contribution in [0, 0.1) is 11.3 Å². The summed E-state index contributed by atoms with van der Waals surface area (Å²) in [6.45, 7) is 1.78. The van der Waals surface area contributed by atoms with Crippen LogP contribution in [0.3, 0.4) is 0 Å². The molecule has 2 aromatic rings. The van der Waals surface area contributed by atoms with Crippen molar-refractivity contribution in [1.82, 2.24) is 5.32 Å². The molecule has 5 nitrogen and oxygen atoms in total. The number of hydrogen-bond donors (Lipinski definition) is 1. The first-order valence-electron chi connectivity index (χ1n) is 8.37. The summed E-state index contributed by atoms with van der Waals surface area (Å²) in [7, 11) is 3.26. The Morgan fingerprint density at radius 2 is 1.77 bits per heavy atom.